The van der Waals surface area contributed by atoms with E-state index in [1.807, 2.05) is 62.0 Å². The maximum Gasteiger partial charge on any atom is 0.274 e. The van der Waals surface area contributed by atoms with Crippen molar-refractivity contribution < 1.29 is 4.79 Å². The summed E-state index contributed by atoms with van der Waals surface area (Å²) in [5.41, 5.74) is 1.77. The van der Waals surface area contributed by atoms with E-state index in [0.29, 0.717) is 16.2 Å². The number of carbonyl (C=O) groups excluding carboxylic acids is 1. The average molecular weight is 341 g/mol. The van der Waals surface area contributed by atoms with E-state index in [0.717, 1.165) is 5.69 Å². The largest absolute Gasteiger partial charge is 0.336 e. The first-order valence-electron chi connectivity index (χ1n) is 7.58. The zero-order chi connectivity index (χ0) is 17.3. The lowest BCUT2D eigenvalue weighted by molar-refractivity contribution is 0.102. The van der Waals surface area contributed by atoms with E-state index in [9.17, 15) is 4.79 Å². The first-order chi connectivity index (χ1) is 11.4. The van der Waals surface area contributed by atoms with Crippen LogP contribution < -0.4 is 5.32 Å². The monoisotopic (exact) mass is 341 g/mol. The number of anilines is 1. The molecule has 2 aromatic heterocycles. The summed E-state index contributed by atoms with van der Waals surface area (Å²) in [6.07, 6.45) is 5.06. The van der Waals surface area contributed by atoms with Gasteiger partial charge in [0.15, 0.2) is 4.77 Å². The van der Waals surface area contributed by atoms with Gasteiger partial charge in [0.05, 0.1) is 17.4 Å². The summed E-state index contributed by atoms with van der Waals surface area (Å²) in [7, 11) is 0. The zero-order valence-electron chi connectivity index (χ0n) is 13.8. The van der Waals surface area contributed by atoms with E-state index in [-0.39, 0.29) is 11.4 Å². The number of amides is 1. The van der Waals surface area contributed by atoms with Crippen LogP contribution in [0, 0.1) is 4.77 Å². The minimum Gasteiger partial charge on any atom is -0.336 e. The van der Waals surface area contributed by atoms with E-state index in [2.05, 4.69) is 15.4 Å². The number of nitrogens with one attached hydrogen (secondary N) is 2. The topological polar surface area (TPSA) is 67.6 Å². The number of rotatable bonds is 3. The molecule has 0 aliphatic rings. The maximum atomic E-state index is 12.6. The summed E-state index contributed by atoms with van der Waals surface area (Å²) in [6, 6.07) is 9.52. The highest BCUT2D eigenvalue weighted by Crippen LogP contribution is 2.18. The van der Waals surface area contributed by atoms with Gasteiger partial charge in [0.25, 0.3) is 5.91 Å². The van der Waals surface area contributed by atoms with Gasteiger partial charge in [-0.15, -0.1) is 0 Å². The Bertz CT molecular complexity index is 914. The van der Waals surface area contributed by atoms with Gasteiger partial charge in [-0.05, 0) is 45.1 Å². The highest BCUT2D eigenvalue weighted by Gasteiger charge is 2.17. The van der Waals surface area contributed by atoms with E-state index >= 15 is 0 Å². The number of benzene rings is 1. The normalized spacial score (nSPS) is 11.5. The third kappa shape index (κ3) is 3.16. The number of para-hydroxylation sites is 1. The van der Waals surface area contributed by atoms with Crippen LogP contribution in [0.1, 0.15) is 31.3 Å². The molecule has 0 aliphatic carbocycles. The fourth-order valence-corrected chi connectivity index (χ4v) is 2.58. The molecule has 24 heavy (non-hydrogen) atoms. The second kappa shape index (κ2) is 6.09. The minimum atomic E-state index is -0.250. The molecule has 3 aromatic rings. The second-order valence-corrected chi connectivity index (χ2v) is 6.84. The highest BCUT2D eigenvalue weighted by molar-refractivity contribution is 7.71. The van der Waals surface area contributed by atoms with Crippen molar-refractivity contribution in [3.05, 3.63) is 59.4 Å². The number of imidazole rings is 1. The van der Waals surface area contributed by atoms with Gasteiger partial charge in [0.1, 0.15) is 5.69 Å². The summed E-state index contributed by atoms with van der Waals surface area (Å²) >= 11 is 5.30. The van der Waals surface area contributed by atoms with Crippen molar-refractivity contribution in [2.75, 3.05) is 5.32 Å². The Hall–Kier alpha value is -2.67. The molecule has 1 amide bonds. The van der Waals surface area contributed by atoms with Crippen LogP contribution in [0.2, 0.25) is 0 Å². The molecule has 0 saturated heterocycles. The molecule has 2 N–H and O–H groups in total. The minimum absolute atomic E-state index is 0.144. The zero-order valence-corrected chi connectivity index (χ0v) is 14.6. The smallest absolute Gasteiger partial charge is 0.274 e. The molecule has 124 valence electrons. The van der Waals surface area contributed by atoms with Crippen molar-refractivity contribution in [3.8, 4) is 5.69 Å². The van der Waals surface area contributed by atoms with Crippen molar-refractivity contribution in [1.82, 2.24) is 19.3 Å². The Kier molecular flexibility index (Phi) is 4.11. The third-order valence-corrected chi connectivity index (χ3v) is 3.85. The molecule has 6 nitrogen and oxygen atoms in total. The number of hydrogen-bond donors (Lipinski definition) is 2. The Morgan fingerprint density at radius 2 is 1.96 bits per heavy atom. The van der Waals surface area contributed by atoms with Crippen LogP contribution in [0.4, 0.5) is 5.69 Å². The molecule has 0 radical (unpaired) electrons. The predicted octanol–water partition coefficient (Wildman–Crippen LogP) is 3.74. The lowest BCUT2D eigenvalue weighted by Crippen LogP contribution is -2.22. The fourth-order valence-electron chi connectivity index (χ4n) is 2.32. The van der Waals surface area contributed by atoms with E-state index in [1.54, 1.807) is 17.0 Å². The van der Waals surface area contributed by atoms with Gasteiger partial charge in [0.2, 0.25) is 0 Å². The average Bonchev–Trinajstić information content (AvgIpc) is 3.14. The Morgan fingerprint density at radius 1 is 1.25 bits per heavy atom. The van der Waals surface area contributed by atoms with Crippen molar-refractivity contribution in [3.63, 3.8) is 0 Å². The number of aromatic amines is 1. The van der Waals surface area contributed by atoms with Crippen LogP contribution in [0.25, 0.3) is 5.69 Å². The second-order valence-electron chi connectivity index (χ2n) is 6.45. The molecular formula is C17H19N5OS. The molecule has 2 heterocycles. The maximum absolute atomic E-state index is 12.6. The van der Waals surface area contributed by atoms with Gasteiger partial charge >= 0.3 is 0 Å². The van der Waals surface area contributed by atoms with Gasteiger partial charge < -0.3 is 10.3 Å². The molecule has 0 bridgehead atoms. The standard InChI is InChI=1S/C17H19N5OS/c1-17(2,3)21-11-12(9-19-21)20-15(23)14-10-18-16(24)22(14)13-7-5-4-6-8-13/h4-11H,1-3H3,(H,18,24)(H,20,23). The van der Waals surface area contributed by atoms with Crippen LogP contribution in [-0.4, -0.2) is 25.2 Å². The first kappa shape index (κ1) is 16.2. The predicted molar refractivity (Wildman–Crippen MR) is 96.1 cm³/mol. The first-order valence-corrected chi connectivity index (χ1v) is 7.99. The lowest BCUT2D eigenvalue weighted by atomic mass is 10.1. The number of carbonyl (C=O) groups is 1. The number of aromatic nitrogens is 4. The van der Waals surface area contributed by atoms with Crippen LogP contribution >= 0.6 is 12.2 Å². The molecule has 0 aliphatic heterocycles. The van der Waals surface area contributed by atoms with Crippen molar-refractivity contribution in [2.45, 2.75) is 26.3 Å². The van der Waals surface area contributed by atoms with E-state index < -0.39 is 0 Å². The SMILES string of the molecule is CC(C)(C)n1cc(NC(=O)c2c[nH]c(=S)n2-c2ccccc2)cn1. The van der Waals surface area contributed by atoms with Crippen molar-refractivity contribution in [2.24, 2.45) is 0 Å². The highest BCUT2D eigenvalue weighted by atomic mass is 32.1. The number of H-pyrrole nitrogens is 1. The summed E-state index contributed by atoms with van der Waals surface area (Å²) in [4.78, 5) is 15.6. The third-order valence-electron chi connectivity index (χ3n) is 3.55. The quantitative estimate of drug-likeness (QED) is 0.713. The molecule has 0 unspecified atom stereocenters. The van der Waals surface area contributed by atoms with Crippen molar-refractivity contribution in [1.29, 1.82) is 0 Å². The number of nitrogens with zero attached hydrogens (tertiary/aromatic N) is 3. The molecule has 3 rings (SSSR count). The van der Waals surface area contributed by atoms with Crippen LogP contribution in [0.5, 0.6) is 0 Å². The molecule has 0 atom stereocenters. The van der Waals surface area contributed by atoms with E-state index in [4.69, 9.17) is 12.2 Å². The van der Waals surface area contributed by atoms with Crippen LogP contribution in [0.15, 0.2) is 48.9 Å². The van der Waals surface area contributed by atoms with Crippen LogP contribution in [0.3, 0.4) is 0 Å². The summed E-state index contributed by atoms with van der Waals surface area (Å²) < 4.78 is 3.99. The van der Waals surface area contributed by atoms with Gasteiger partial charge in [-0.2, -0.15) is 5.10 Å². The summed E-state index contributed by atoms with van der Waals surface area (Å²) in [5.74, 6) is -0.250. The fraction of sp³-hybridized carbons (Fsp3) is 0.235. The van der Waals surface area contributed by atoms with Gasteiger partial charge in [-0.25, -0.2) is 0 Å². The van der Waals surface area contributed by atoms with Gasteiger partial charge in [-0.3, -0.25) is 14.0 Å². The molecule has 1 aromatic carbocycles. The molecule has 0 fully saturated rings. The summed E-state index contributed by atoms with van der Waals surface area (Å²) in [6.45, 7) is 6.14. The molecular weight excluding hydrogens is 322 g/mol. The number of hydrogen-bond acceptors (Lipinski definition) is 3. The lowest BCUT2D eigenvalue weighted by Gasteiger charge is -2.18. The van der Waals surface area contributed by atoms with Gasteiger partial charge in [-0.1, -0.05) is 18.2 Å². The summed E-state index contributed by atoms with van der Waals surface area (Å²) in [5, 5.41) is 7.15. The molecule has 7 heteroatoms. The van der Waals surface area contributed by atoms with Crippen molar-refractivity contribution >= 4 is 23.8 Å². The Balaban J connectivity index is 1.89. The Labute approximate surface area is 145 Å². The molecule has 0 saturated carbocycles. The molecule has 0 spiro atoms. The van der Waals surface area contributed by atoms with Crippen LogP contribution in [-0.2, 0) is 5.54 Å². The Morgan fingerprint density at radius 3 is 2.58 bits per heavy atom. The van der Waals surface area contributed by atoms with E-state index in [1.165, 1.54) is 0 Å². The van der Waals surface area contributed by atoms with Gasteiger partial charge in [0, 0.05) is 18.1 Å².